The molecular weight excluding hydrogens is 734 g/mol. The van der Waals surface area contributed by atoms with Crippen molar-refractivity contribution in [2.75, 3.05) is 27.9 Å². The molecule has 0 aliphatic carbocycles. The van der Waals surface area contributed by atoms with E-state index in [2.05, 4.69) is 6.58 Å². The number of aliphatic hydroxyl groups is 3. The summed E-state index contributed by atoms with van der Waals surface area (Å²) in [6, 6.07) is -1.15. The van der Waals surface area contributed by atoms with E-state index >= 15 is 0 Å². The molecule has 3 heterocycles. The van der Waals surface area contributed by atoms with Crippen LogP contribution in [0.15, 0.2) is 36.0 Å². The molecule has 324 valence electrons. The van der Waals surface area contributed by atoms with E-state index in [-0.39, 0.29) is 37.5 Å². The molecule has 3 aliphatic heterocycles. The lowest BCUT2D eigenvalue weighted by atomic mass is 9.82. The van der Waals surface area contributed by atoms with Crippen molar-refractivity contribution < 1.29 is 58.2 Å². The van der Waals surface area contributed by atoms with Crippen molar-refractivity contribution in [1.29, 1.82) is 0 Å². The predicted molar refractivity (Wildman–Crippen MR) is 215 cm³/mol. The summed E-state index contributed by atoms with van der Waals surface area (Å²) in [6.07, 6.45) is 4.35. The van der Waals surface area contributed by atoms with Gasteiger partial charge in [0.1, 0.15) is 24.0 Å². The Bertz CT molecular complexity index is 1430. The third-order valence-corrected chi connectivity index (χ3v) is 12.3. The monoisotopic (exact) mass is 805 g/mol. The van der Waals surface area contributed by atoms with Gasteiger partial charge in [0, 0.05) is 52.0 Å². The molecule has 0 aromatic carbocycles. The number of hydrogen-bond acceptors (Lipinski definition) is 12. The minimum Gasteiger partial charge on any atom is -0.456 e. The maximum absolute atomic E-state index is 14.2. The second-order valence-corrected chi connectivity index (χ2v) is 16.7. The van der Waals surface area contributed by atoms with Crippen LogP contribution in [0.5, 0.6) is 0 Å². The SMILES string of the molecule is C=CC[C@@H]1/C=C(\C)C[C@H](C)CC(OC)[C@H]2O[C@@](O)(C(=O)C(=O)N3CCCC[C@H]3C(=O)O[C@H](/C(C)=C/CC[C@@H](OC)[C@H](O)CC)[C@H](C)[C@@H](O)CC1=O)[C@H](C)C[C@@H]2OC. The molecular formula is C44H71NO12. The van der Waals surface area contributed by atoms with Crippen LogP contribution in [-0.4, -0.2) is 126 Å². The van der Waals surface area contributed by atoms with Gasteiger partial charge in [0.15, 0.2) is 0 Å². The van der Waals surface area contributed by atoms with Crippen molar-refractivity contribution in [3.8, 4) is 0 Å². The summed E-state index contributed by atoms with van der Waals surface area (Å²) in [5.41, 5.74) is 1.57. The largest absolute Gasteiger partial charge is 0.456 e. The minimum absolute atomic E-state index is 0.00785. The van der Waals surface area contributed by atoms with E-state index in [1.165, 1.54) is 26.2 Å². The lowest BCUT2D eigenvalue weighted by molar-refractivity contribution is -0.302. The molecule has 0 radical (unpaired) electrons. The van der Waals surface area contributed by atoms with Gasteiger partial charge in [0.05, 0.1) is 30.5 Å². The van der Waals surface area contributed by atoms with Gasteiger partial charge in [0.25, 0.3) is 11.7 Å². The highest BCUT2D eigenvalue weighted by Crippen LogP contribution is 2.39. The zero-order valence-corrected chi connectivity index (χ0v) is 35.8. The van der Waals surface area contributed by atoms with Crippen molar-refractivity contribution in [1.82, 2.24) is 4.90 Å². The van der Waals surface area contributed by atoms with Gasteiger partial charge in [-0.15, -0.1) is 6.58 Å². The van der Waals surface area contributed by atoms with Crippen LogP contribution in [0.25, 0.3) is 0 Å². The number of fused-ring (bicyclic) bond motifs is 3. The Morgan fingerprint density at radius 2 is 1.74 bits per heavy atom. The van der Waals surface area contributed by atoms with Crippen molar-refractivity contribution in [2.24, 2.45) is 23.7 Å². The van der Waals surface area contributed by atoms with Crippen LogP contribution < -0.4 is 0 Å². The number of methoxy groups -OCH3 is 3. The number of rotatable bonds is 11. The summed E-state index contributed by atoms with van der Waals surface area (Å²) in [5, 5.41) is 34.0. The van der Waals surface area contributed by atoms with Crippen LogP contribution in [0, 0.1) is 23.7 Å². The highest BCUT2D eigenvalue weighted by molar-refractivity contribution is 6.39. The molecule has 2 fully saturated rings. The summed E-state index contributed by atoms with van der Waals surface area (Å²) in [4.78, 5) is 57.6. The zero-order chi connectivity index (χ0) is 42.6. The molecule has 57 heavy (non-hydrogen) atoms. The molecule has 0 aromatic rings. The number of Topliss-reactive ketones (excluding diaryl/α,β-unsaturated/α-hetero) is 2. The molecule has 0 saturated carbocycles. The standard InChI is InChI=1S/C44H71NO12/c1-11-16-31-22-26(3)21-27(4)23-37(54-9)40-38(55-10)24-29(6)44(52,57-40)41(49)42(50)45-20-14-13-18-32(45)43(51)56-39(30(7)34(47)25-35(31)48)28(5)17-15-19-36(53-8)33(46)12-2/h11,17,22,27,29-34,36-40,46-47,52H,1,12-16,18-21,23-25H2,2-10H3/b26-22+,28-17+/t27-,29+,30+,31+,32-,33+,34-,36+,37?,38-,39+,40+,44+/m0/s1. The smallest absolute Gasteiger partial charge is 0.329 e. The van der Waals surface area contributed by atoms with Gasteiger partial charge in [-0.3, -0.25) is 14.4 Å². The molecule has 1 unspecified atom stereocenters. The number of carbonyl (C=O) groups excluding carboxylic acids is 4. The Kier molecular flexibility index (Phi) is 19.2. The summed E-state index contributed by atoms with van der Waals surface area (Å²) in [6.45, 7) is 14.9. The van der Waals surface area contributed by atoms with Crippen molar-refractivity contribution in [2.45, 2.75) is 167 Å². The Morgan fingerprint density at radius 1 is 1.07 bits per heavy atom. The van der Waals surface area contributed by atoms with Gasteiger partial charge < -0.3 is 43.9 Å². The van der Waals surface area contributed by atoms with Crippen LogP contribution >= 0.6 is 0 Å². The maximum atomic E-state index is 14.2. The number of ketones is 2. The highest BCUT2D eigenvalue weighted by Gasteiger charge is 2.56. The Hall–Kier alpha value is -2.78. The maximum Gasteiger partial charge on any atom is 0.329 e. The highest BCUT2D eigenvalue weighted by atomic mass is 16.7. The first-order valence-electron chi connectivity index (χ1n) is 20.9. The van der Waals surface area contributed by atoms with Crippen molar-refractivity contribution >= 4 is 23.4 Å². The molecule has 3 rings (SSSR count). The Morgan fingerprint density at radius 3 is 2.35 bits per heavy atom. The van der Waals surface area contributed by atoms with Gasteiger partial charge in [-0.1, -0.05) is 51.5 Å². The summed E-state index contributed by atoms with van der Waals surface area (Å²) in [7, 11) is 4.59. The van der Waals surface area contributed by atoms with Crippen molar-refractivity contribution in [3.05, 3.63) is 36.0 Å². The first-order chi connectivity index (χ1) is 27.0. The molecule has 0 aromatic heterocycles. The molecule has 0 spiro atoms. The first kappa shape index (κ1) is 48.6. The number of cyclic esters (lactones) is 1. The van der Waals surface area contributed by atoms with E-state index in [9.17, 15) is 34.5 Å². The third-order valence-electron chi connectivity index (χ3n) is 12.3. The molecule has 13 atom stereocenters. The van der Waals surface area contributed by atoms with E-state index in [0.29, 0.717) is 56.9 Å². The predicted octanol–water partition coefficient (Wildman–Crippen LogP) is 5.03. The number of allylic oxidation sites excluding steroid dienone is 4. The molecule has 13 heteroatoms. The van der Waals surface area contributed by atoms with E-state index in [1.54, 1.807) is 26.8 Å². The molecule has 1 amide bonds. The second kappa shape index (κ2) is 22.6. The fourth-order valence-electron chi connectivity index (χ4n) is 8.73. The second-order valence-electron chi connectivity index (χ2n) is 16.7. The van der Waals surface area contributed by atoms with Crippen molar-refractivity contribution in [3.63, 3.8) is 0 Å². The fraction of sp³-hybridized carbons (Fsp3) is 0.773. The normalized spacial score (nSPS) is 36.6. The van der Waals surface area contributed by atoms with Gasteiger partial charge in [-0.25, -0.2) is 4.79 Å². The van der Waals surface area contributed by atoms with E-state index in [0.717, 1.165) is 5.57 Å². The van der Waals surface area contributed by atoms with E-state index < -0.39 is 90.0 Å². The first-order valence-corrected chi connectivity index (χ1v) is 20.9. The zero-order valence-electron chi connectivity index (χ0n) is 35.8. The minimum atomic E-state index is -2.51. The number of nitrogens with zero attached hydrogens (tertiary/aromatic N) is 1. The average Bonchev–Trinajstić information content (AvgIpc) is 3.19. The van der Waals surface area contributed by atoms with Crippen LogP contribution in [0.3, 0.4) is 0 Å². The lowest BCUT2D eigenvalue weighted by Gasteiger charge is -2.47. The number of hydrogen-bond donors (Lipinski definition) is 3. The third kappa shape index (κ3) is 12.4. The average molecular weight is 806 g/mol. The fourth-order valence-corrected chi connectivity index (χ4v) is 8.73. The Balaban J connectivity index is 2.11. The molecule has 13 nitrogen and oxygen atoms in total. The van der Waals surface area contributed by atoms with Gasteiger partial charge >= 0.3 is 5.97 Å². The van der Waals surface area contributed by atoms with Crippen LogP contribution in [-0.2, 0) is 42.9 Å². The number of aliphatic hydroxyl groups excluding tert-OH is 2. The van der Waals surface area contributed by atoms with Gasteiger partial charge in [0.2, 0.25) is 5.79 Å². The molecule has 2 saturated heterocycles. The lowest BCUT2D eigenvalue weighted by Crippen LogP contribution is -2.64. The number of ether oxygens (including phenoxy) is 5. The number of carbonyl (C=O) groups is 4. The molecule has 3 aliphatic rings. The summed E-state index contributed by atoms with van der Waals surface area (Å²) in [5.74, 6) is -7.80. The number of amides is 1. The quantitative estimate of drug-likeness (QED) is 0.144. The molecule has 3 N–H and O–H groups in total. The topological polar surface area (TPSA) is 178 Å². The number of piperidine rings is 1. The van der Waals surface area contributed by atoms with Crippen LogP contribution in [0.1, 0.15) is 112 Å². The van der Waals surface area contributed by atoms with Crippen LogP contribution in [0.2, 0.25) is 0 Å². The van der Waals surface area contributed by atoms with Gasteiger partial charge in [-0.05, 0) is 89.5 Å². The summed E-state index contributed by atoms with van der Waals surface area (Å²) >= 11 is 0. The Labute approximate surface area is 340 Å². The van der Waals surface area contributed by atoms with E-state index in [1.807, 2.05) is 32.9 Å². The molecule has 2 bridgehead atoms. The summed E-state index contributed by atoms with van der Waals surface area (Å²) < 4.78 is 29.6. The van der Waals surface area contributed by atoms with Crippen LogP contribution in [0.4, 0.5) is 0 Å². The van der Waals surface area contributed by atoms with Gasteiger partial charge in [-0.2, -0.15) is 0 Å². The van der Waals surface area contributed by atoms with E-state index in [4.69, 9.17) is 23.7 Å². The number of esters is 1.